The van der Waals surface area contributed by atoms with Gasteiger partial charge in [0, 0.05) is 15.7 Å². The molecule has 0 spiro atoms. The molecule has 0 aliphatic carbocycles. The number of hydrogen-bond acceptors (Lipinski definition) is 1. The van der Waals surface area contributed by atoms with Crippen LogP contribution in [0.15, 0.2) is 42.5 Å². The summed E-state index contributed by atoms with van der Waals surface area (Å²) in [6.45, 7) is 5.96. The normalized spacial score (nSPS) is 12.3. The van der Waals surface area contributed by atoms with Crippen LogP contribution in [0.1, 0.15) is 30.9 Å². The number of benzene rings is 2. The quantitative estimate of drug-likeness (QED) is 0.764. The Kier molecular flexibility index (Phi) is 5.49. The fourth-order valence-electron chi connectivity index (χ4n) is 2.46. The van der Waals surface area contributed by atoms with Crippen LogP contribution in [0, 0.1) is 12.8 Å². The first-order valence-electron chi connectivity index (χ1n) is 7.21. The van der Waals surface area contributed by atoms with Crippen LogP contribution in [0.4, 0.5) is 5.69 Å². The van der Waals surface area contributed by atoms with Gasteiger partial charge in [0.25, 0.3) is 0 Å². The molecule has 0 radical (unpaired) electrons. The average Bonchev–Trinajstić information content (AvgIpc) is 2.46. The Hall–Kier alpha value is -1.51. The fraction of sp³-hybridized carbons (Fsp3) is 0.278. The first kappa shape index (κ1) is 16.9. The van der Waals surface area contributed by atoms with Crippen molar-refractivity contribution >= 4 is 34.8 Å². The predicted octanol–water partition coefficient (Wildman–Crippen LogP) is 5.68. The molecule has 0 saturated carbocycles. The Morgan fingerprint density at radius 2 is 1.68 bits per heavy atom. The highest BCUT2D eigenvalue weighted by Gasteiger charge is 2.24. The van der Waals surface area contributed by atoms with E-state index in [1.54, 1.807) is 0 Å². The van der Waals surface area contributed by atoms with E-state index in [1.807, 2.05) is 63.2 Å². The zero-order valence-corrected chi connectivity index (χ0v) is 14.4. The molecule has 1 N–H and O–H groups in total. The first-order valence-corrected chi connectivity index (χ1v) is 7.97. The maximum Gasteiger partial charge on any atom is 0.232 e. The maximum atomic E-state index is 12.7. The molecule has 0 unspecified atom stereocenters. The Bertz CT molecular complexity index is 665. The molecule has 4 heteroatoms. The van der Waals surface area contributed by atoms with Crippen molar-refractivity contribution in [1.29, 1.82) is 0 Å². The van der Waals surface area contributed by atoms with Crippen LogP contribution < -0.4 is 5.32 Å². The standard InChI is InChI=1S/C18H19Cl2NO/c1-11(2)17(13-7-9-14(19)10-8-13)18(22)21-16-6-4-5-15(20)12(16)3/h4-11,17H,1-3H3,(H,21,22)/t17-/m0/s1. The molecule has 0 aliphatic rings. The van der Waals surface area contributed by atoms with E-state index in [2.05, 4.69) is 5.32 Å². The van der Waals surface area contributed by atoms with Gasteiger partial charge in [0.2, 0.25) is 5.91 Å². The molecule has 2 rings (SSSR count). The number of carbonyl (C=O) groups is 1. The van der Waals surface area contributed by atoms with Gasteiger partial charge in [-0.2, -0.15) is 0 Å². The molecule has 0 heterocycles. The lowest BCUT2D eigenvalue weighted by Crippen LogP contribution is -2.25. The summed E-state index contributed by atoms with van der Waals surface area (Å²) in [5.74, 6) is -0.112. The molecule has 22 heavy (non-hydrogen) atoms. The molecule has 1 atom stereocenters. The highest BCUT2D eigenvalue weighted by molar-refractivity contribution is 6.31. The van der Waals surface area contributed by atoms with Gasteiger partial charge < -0.3 is 5.32 Å². The van der Waals surface area contributed by atoms with E-state index in [1.165, 1.54) is 0 Å². The van der Waals surface area contributed by atoms with E-state index in [-0.39, 0.29) is 17.7 Å². The van der Waals surface area contributed by atoms with E-state index >= 15 is 0 Å². The Labute approximate surface area is 141 Å². The molecular formula is C18H19Cl2NO. The third kappa shape index (κ3) is 3.82. The zero-order valence-electron chi connectivity index (χ0n) is 12.9. The number of carbonyl (C=O) groups excluding carboxylic acids is 1. The molecule has 2 nitrogen and oxygen atoms in total. The minimum Gasteiger partial charge on any atom is -0.325 e. The van der Waals surface area contributed by atoms with Gasteiger partial charge in [-0.3, -0.25) is 4.79 Å². The van der Waals surface area contributed by atoms with Crippen molar-refractivity contribution in [2.45, 2.75) is 26.7 Å². The Morgan fingerprint density at radius 3 is 2.27 bits per heavy atom. The third-order valence-corrected chi connectivity index (χ3v) is 4.37. The fourth-order valence-corrected chi connectivity index (χ4v) is 2.76. The summed E-state index contributed by atoms with van der Waals surface area (Å²) in [7, 11) is 0. The summed E-state index contributed by atoms with van der Waals surface area (Å²) < 4.78 is 0. The molecular weight excluding hydrogens is 317 g/mol. The maximum absolute atomic E-state index is 12.7. The van der Waals surface area contributed by atoms with Crippen LogP contribution in [0.2, 0.25) is 10.0 Å². The average molecular weight is 336 g/mol. The van der Waals surface area contributed by atoms with Crippen LogP contribution in [0.5, 0.6) is 0 Å². The number of nitrogens with one attached hydrogen (secondary N) is 1. The van der Waals surface area contributed by atoms with Gasteiger partial charge in [-0.25, -0.2) is 0 Å². The SMILES string of the molecule is Cc1c(Cl)cccc1NC(=O)[C@H](c1ccc(Cl)cc1)C(C)C. The van der Waals surface area contributed by atoms with Gasteiger partial charge in [0.1, 0.15) is 0 Å². The van der Waals surface area contributed by atoms with Crippen molar-refractivity contribution in [1.82, 2.24) is 0 Å². The summed E-state index contributed by atoms with van der Waals surface area (Å²) in [6.07, 6.45) is 0. The van der Waals surface area contributed by atoms with Gasteiger partial charge in [-0.15, -0.1) is 0 Å². The summed E-state index contributed by atoms with van der Waals surface area (Å²) in [6, 6.07) is 12.9. The second kappa shape index (κ2) is 7.17. The van der Waals surface area contributed by atoms with E-state index in [0.29, 0.717) is 10.0 Å². The first-order chi connectivity index (χ1) is 10.4. The molecule has 0 bridgehead atoms. The van der Waals surface area contributed by atoms with Crippen molar-refractivity contribution < 1.29 is 4.79 Å². The van der Waals surface area contributed by atoms with E-state index in [9.17, 15) is 4.79 Å². The smallest absolute Gasteiger partial charge is 0.232 e. The molecule has 0 aromatic heterocycles. The van der Waals surface area contributed by atoms with Crippen LogP contribution in [0.25, 0.3) is 0 Å². The number of anilines is 1. The Morgan fingerprint density at radius 1 is 1.05 bits per heavy atom. The number of halogens is 2. The predicted molar refractivity (Wildman–Crippen MR) is 93.8 cm³/mol. The molecule has 0 saturated heterocycles. The van der Waals surface area contributed by atoms with Crippen molar-refractivity contribution in [2.75, 3.05) is 5.32 Å². The molecule has 2 aromatic rings. The second-order valence-corrected chi connectivity index (χ2v) is 6.52. The van der Waals surface area contributed by atoms with Crippen molar-refractivity contribution in [3.8, 4) is 0 Å². The summed E-state index contributed by atoms with van der Waals surface area (Å²) in [4.78, 5) is 12.7. The second-order valence-electron chi connectivity index (χ2n) is 5.67. The Balaban J connectivity index is 2.27. The lowest BCUT2D eigenvalue weighted by atomic mass is 9.87. The number of amides is 1. The highest BCUT2D eigenvalue weighted by Crippen LogP contribution is 2.29. The third-order valence-electron chi connectivity index (χ3n) is 3.70. The van der Waals surface area contributed by atoms with Gasteiger partial charge in [0.05, 0.1) is 5.92 Å². The minimum atomic E-state index is -0.240. The summed E-state index contributed by atoms with van der Waals surface area (Å²) in [5, 5.41) is 4.30. The number of rotatable bonds is 4. The van der Waals surface area contributed by atoms with E-state index in [0.717, 1.165) is 16.8 Å². The molecule has 1 amide bonds. The lowest BCUT2D eigenvalue weighted by molar-refractivity contribution is -0.118. The summed E-state index contributed by atoms with van der Waals surface area (Å²) in [5.41, 5.74) is 2.57. The molecule has 0 aliphatic heterocycles. The van der Waals surface area contributed by atoms with Gasteiger partial charge in [-0.1, -0.05) is 55.2 Å². The topological polar surface area (TPSA) is 29.1 Å². The van der Waals surface area contributed by atoms with Gasteiger partial charge in [-0.05, 0) is 48.2 Å². The highest BCUT2D eigenvalue weighted by atomic mass is 35.5. The number of hydrogen-bond donors (Lipinski definition) is 1. The van der Waals surface area contributed by atoms with Crippen LogP contribution in [-0.2, 0) is 4.79 Å². The van der Waals surface area contributed by atoms with Crippen molar-refractivity contribution in [3.05, 3.63) is 63.6 Å². The zero-order chi connectivity index (χ0) is 16.3. The van der Waals surface area contributed by atoms with Gasteiger partial charge in [0.15, 0.2) is 0 Å². The minimum absolute atomic E-state index is 0.0392. The van der Waals surface area contributed by atoms with Crippen LogP contribution in [0.3, 0.4) is 0 Å². The molecule has 116 valence electrons. The van der Waals surface area contributed by atoms with E-state index < -0.39 is 0 Å². The monoisotopic (exact) mass is 335 g/mol. The van der Waals surface area contributed by atoms with Crippen molar-refractivity contribution in [2.24, 2.45) is 5.92 Å². The van der Waals surface area contributed by atoms with Crippen LogP contribution >= 0.6 is 23.2 Å². The van der Waals surface area contributed by atoms with Crippen molar-refractivity contribution in [3.63, 3.8) is 0 Å². The molecule has 2 aromatic carbocycles. The van der Waals surface area contributed by atoms with E-state index in [4.69, 9.17) is 23.2 Å². The lowest BCUT2D eigenvalue weighted by Gasteiger charge is -2.21. The van der Waals surface area contributed by atoms with Gasteiger partial charge >= 0.3 is 0 Å². The largest absolute Gasteiger partial charge is 0.325 e. The summed E-state index contributed by atoms with van der Waals surface area (Å²) >= 11 is 12.0. The van der Waals surface area contributed by atoms with Crippen LogP contribution in [-0.4, -0.2) is 5.91 Å². The molecule has 0 fully saturated rings.